The molecule has 8 heteroatoms. The van der Waals surface area contributed by atoms with Crippen molar-refractivity contribution in [2.75, 3.05) is 6.54 Å². The van der Waals surface area contributed by atoms with Gasteiger partial charge in [-0.15, -0.1) is 0 Å². The Morgan fingerprint density at radius 3 is 2.50 bits per heavy atom. The van der Waals surface area contributed by atoms with E-state index in [4.69, 9.17) is 5.73 Å². The van der Waals surface area contributed by atoms with Gasteiger partial charge in [0.2, 0.25) is 0 Å². The van der Waals surface area contributed by atoms with Gasteiger partial charge in [-0.25, -0.2) is 4.68 Å². The van der Waals surface area contributed by atoms with Gasteiger partial charge in [-0.1, -0.05) is 18.2 Å². The average molecular weight is 356 g/mol. The van der Waals surface area contributed by atoms with Crippen LogP contribution >= 0.6 is 0 Å². The second-order valence-corrected chi connectivity index (χ2v) is 6.45. The summed E-state index contributed by atoms with van der Waals surface area (Å²) in [7, 11) is 0. The minimum absolute atomic E-state index is 0.0699. The Morgan fingerprint density at radius 2 is 1.88 bits per heavy atom. The minimum Gasteiger partial charge on any atom is -0.481 e. The van der Waals surface area contributed by atoms with E-state index in [9.17, 15) is 19.5 Å². The van der Waals surface area contributed by atoms with Crippen molar-refractivity contribution in [3.05, 3.63) is 47.8 Å². The highest BCUT2D eigenvalue weighted by Gasteiger charge is 2.34. The standard InChI is InChI=1S/C18H20N4O4/c1-11-7-8-12(18(25)26)10-21(11)17(24)14-9-15(16(19)23)22(20-14)13-5-3-2-4-6-13/h2-6,9,11-12H,7-8,10H2,1H3,(H2,19,23)(H,25,26). The summed E-state index contributed by atoms with van der Waals surface area (Å²) < 4.78 is 1.33. The number of aliphatic carboxylic acids is 1. The predicted octanol–water partition coefficient (Wildman–Crippen LogP) is 1.30. The number of piperidine rings is 1. The van der Waals surface area contributed by atoms with Crippen molar-refractivity contribution in [1.82, 2.24) is 14.7 Å². The molecule has 1 aromatic carbocycles. The van der Waals surface area contributed by atoms with E-state index in [-0.39, 0.29) is 24.0 Å². The van der Waals surface area contributed by atoms with E-state index < -0.39 is 23.7 Å². The molecule has 1 aliphatic rings. The number of carboxylic acids is 1. The van der Waals surface area contributed by atoms with E-state index >= 15 is 0 Å². The zero-order valence-electron chi connectivity index (χ0n) is 14.3. The normalized spacial score (nSPS) is 20.0. The largest absolute Gasteiger partial charge is 0.481 e. The van der Waals surface area contributed by atoms with Crippen LogP contribution in [0.1, 0.15) is 40.7 Å². The maximum Gasteiger partial charge on any atom is 0.308 e. The summed E-state index contributed by atoms with van der Waals surface area (Å²) in [5.74, 6) is -2.61. The number of rotatable bonds is 4. The van der Waals surface area contributed by atoms with Gasteiger partial charge >= 0.3 is 5.97 Å². The molecule has 2 heterocycles. The van der Waals surface area contributed by atoms with Crippen molar-refractivity contribution in [2.24, 2.45) is 11.7 Å². The van der Waals surface area contributed by atoms with E-state index in [1.807, 2.05) is 13.0 Å². The number of hydrogen-bond acceptors (Lipinski definition) is 4. The summed E-state index contributed by atoms with van der Waals surface area (Å²) in [5, 5.41) is 13.5. The van der Waals surface area contributed by atoms with Gasteiger partial charge in [0.25, 0.3) is 11.8 Å². The number of primary amides is 1. The summed E-state index contributed by atoms with van der Waals surface area (Å²) in [6.45, 7) is 2.00. The van der Waals surface area contributed by atoms with Crippen LogP contribution in [-0.4, -0.2) is 50.2 Å². The molecular formula is C18H20N4O4. The fourth-order valence-corrected chi connectivity index (χ4v) is 3.17. The molecular weight excluding hydrogens is 336 g/mol. The second-order valence-electron chi connectivity index (χ2n) is 6.45. The number of hydrogen-bond donors (Lipinski definition) is 2. The lowest BCUT2D eigenvalue weighted by molar-refractivity contribution is -0.143. The van der Waals surface area contributed by atoms with Gasteiger partial charge in [0.15, 0.2) is 5.69 Å². The van der Waals surface area contributed by atoms with Crippen molar-refractivity contribution in [1.29, 1.82) is 0 Å². The van der Waals surface area contributed by atoms with Gasteiger partial charge < -0.3 is 15.7 Å². The van der Waals surface area contributed by atoms with E-state index in [1.54, 1.807) is 24.3 Å². The molecule has 136 valence electrons. The van der Waals surface area contributed by atoms with Crippen LogP contribution < -0.4 is 5.73 Å². The van der Waals surface area contributed by atoms with Crippen LogP contribution in [0, 0.1) is 5.92 Å². The first kappa shape index (κ1) is 17.7. The maximum atomic E-state index is 12.9. The fraction of sp³-hybridized carbons (Fsp3) is 0.333. The van der Waals surface area contributed by atoms with Gasteiger partial charge in [-0.2, -0.15) is 5.10 Å². The Balaban J connectivity index is 1.95. The first-order chi connectivity index (χ1) is 12.4. The van der Waals surface area contributed by atoms with E-state index in [0.717, 1.165) is 0 Å². The van der Waals surface area contributed by atoms with Crippen LogP contribution in [0.4, 0.5) is 0 Å². The number of carbonyl (C=O) groups excluding carboxylic acids is 2. The third-order valence-electron chi connectivity index (χ3n) is 4.67. The third-order valence-corrected chi connectivity index (χ3v) is 4.67. The highest BCUT2D eigenvalue weighted by molar-refractivity contribution is 5.98. The number of amides is 2. The third kappa shape index (κ3) is 3.30. The summed E-state index contributed by atoms with van der Waals surface area (Å²) in [5.41, 5.74) is 6.20. The van der Waals surface area contributed by atoms with Gasteiger partial charge in [-0.05, 0) is 31.9 Å². The lowest BCUT2D eigenvalue weighted by atomic mass is 9.93. The van der Waals surface area contributed by atoms with Gasteiger partial charge in [-0.3, -0.25) is 14.4 Å². The summed E-state index contributed by atoms with van der Waals surface area (Å²) in [4.78, 5) is 37.5. The molecule has 3 N–H and O–H groups in total. The first-order valence-corrected chi connectivity index (χ1v) is 8.37. The molecule has 8 nitrogen and oxygen atoms in total. The molecule has 1 saturated heterocycles. The minimum atomic E-state index is -0.915. The lowest BCUT2D eigenvalue weighted by Gasteiger charge is -2.36. The molecule has 1 aliphatic heterocycles. The molecule has 0 saturated carbocycles. The molecule has 3 rings (SSSR count). The topological polar surface area (TPSA) is 119 Å². The number of nitrogens with zero attached hydrogens (tertiary/aromatic N) is 3. The smallest absolute Gasteiger partial charge is 0.308 e. The van der Waals surface area contributed by atoms with E-state index in [2.05, 4.69) is 5.10 Å². The highest BCUT2D eigenvalue weighted by Crippen LogP contribution is 2.24. The van der Waals surface area contributed by atoms with Gasteiger partial charge in [0.1, 0.15) is 5.69 Å². The Morgan fingerprint density at radius 1 is 1.19 bits per heavy atom. The molecule has 26 heavy (non-hydrogen) atoms. The van der Waals surface area contributed by atoms with Crippen LogP contribution in [0.5, 0.6) is 0 Å². The number of nitrogens with two attached hydrogens (primary N) is 1. The van der Waals surface area contributed by atoms with Crippen molar-refractivity contribution >= 4 is 17.8 Å². The number of carbonyl (C=O) groups is 3. The molecule has 0 bridgehead atoms. The molecule has 0 aliphatic carbocycles. The number of aromatic nitrogens is 2. The van der Waals surface area contributed by atoms with Crippen molar-refractivity contribution < 1.29 is 19.5 Å². The number of likely N-dealkylation sites (tertiary alicyclic amines) is 1. The first-order valence-electron chi connectivity index (χ1n) is 8.37. The molecule has 0 radical (unpaired) electrons. The Labute approximate surface area is 150 Å². The highest BCUT2D eigenvalue weighted by atomic mass is 16.4. The Kier molecular flexibility index (Phi) is 4.75. The fourth-order valence-electron chi connectivity index (χ4n) is 3.17. The number of para-hydroxylation sites is 1. The van der Waals surface area contributed by atoms with Crippen LogP contribution in [0.3, 0.4) is 0 Å². The predicted molar refractivity (Wildman–Crippen MR) is 92.9 cm³/mol. The molecule has 1 fully saturated rings. The zero-order chi connectivity index (χ0) is 18.8. The van der Waals surface area contributed by atoms with Crippen LogP contribution in [0.25, 0.3) is 5.69 Å². The van der Waals surface area contributed by atoms with Crippen LogP contribution in [0.15, 0.2) is 36.4 Å². The monoisotopic (exact) mass is 356 g/mol. The Hall–Kier alpha value is -3.16. The van der Waals surface area contributed by atoms with Crippen molar-refractivity contribution in [3.63, 3.8) is 0 Å². The Bertz CT molecular complexity index is 846. The SMILES string of the molecule is CC1CCC(C(=O)O)CN1C(=O)c1cc(C(N)=O)n(-c2ccccc2)n1. The molecule has 2 aromatic rings. The van der Waals surface area contributed by atoms with Gasteiger partial charge in [0, 0.05) is 18.7 Å². The zero-order valence-corrected chi connectivity index (χ0v) is 14.3. The van der Waals surface area contributed by atoms with Gasteiger partial charge in [0.05, 0.1) is 11.6 Å². The van der Waals surface area contributed by atoms with Crippen molar-refractivity contribution in [2.45, 2.75) is 25.8 Å². The second kappa shape index (κ2) is 6.99. The molecule has 2 atom stereocenters. The number of carboxylic acid groups (broad SMARTS) is 1. The summed E-state index contributed by atoms with van der Waals surface area (Å²) >= 11 is 0. The molecule has 1 aromatic heterocycles. The summed E-state index contributed by atoms with van der Waals surface area (Å²) in [6.07, 6.45) is 1.13. The lowest BCUT2D eigenvalue weighted by Crippen LogP contribution is -2.47. The van der Waals surface area contributed by atoms with E-state index in [0.29, 0.717) is 18.5 Å². The molecule has 2 amide bonds. The van der Waals surface area contributed by atoms with Crippen LogP contribution in [0.2, 0.25) is 0 Å². The van der Waals surface area contributed by atoms with Crippen LogP contribution in [-0.2, 0) is 4.79 Å². The summed E-state index contributed by atoms with van der Waals surface area (Å²) in [6, 6.07) is 10.1. The van der Waals surface area contributed by atoms with Crippen molar-refractivity contribution in [3.8, 4) is 5.69 Å². The molecule has 2 unspecified atom stereocenters. The van der Waals surface area contributed by atoms with E-state index in [1.165, 1.54) is 15.6 Å². The maximum absolute atomic E-state index is 12.9. The number of benzene rings is 1. The average Bonchev–Trinajstić information content (AvgIpc) is 3.08. The quantitative estimate of drug-likeness (QED) is 0.856. The molecule has 0 spiro atoms.